The summed E-state index contributed by atoms with van der Waals surface area (Å²) in [5, 5.41) is 11.1. The number of thiophene rings is 2. The lowest BCUT2D eigenvalue weighted by molar-refractivity contribution is 0.332. The SMILES string of the molecule is CC(C)(C)c1ccc(Nc2cc3sc4cc5c(cc4c3cc2-c2c3c(c4c6cc7c(cc6n6c4c2[B]c2sc4ccc(C(C)(C)C)cc4c2-6)C(C)(C)CCC7(C)C)C(C)(C)c2ccccc2-3)C(C)(C)CCC5(C)C)cc1. The van der Waals surface area contributed by atoms with E-state index in [2.05, 4.69) is 231 Å². The van der Waals surface area contributed by atoms with Crippen LogP contribution in [0.25, 0.3) is 80.0 Å². The van der Waals surface area contributed by atoms with E-state index >= 15 is 0 Å². The molecule has 383 valence electrons. The molecule has 4 heterocycles. The number of rotatable bonds is 3. The molecule has 2 nitrogen and oxygen atoms in total. The lowest BCUT2D eigenvalue weighted by Crippen LogP contribution is -2.36. The topological polar surface area (TPSA) is 17.0 Å². The molecule has 3 aromatic heterocycles. The van der Waals surface area contributed by atoms with Crippen molar-refractivity contribution in [3.63, 3.8) is 0 Å². The largest absolute Gasteiger partial charge is 0.355 e. The fourth-order valence-electron chi connectivity index (χ4n) is 14.7. The zero-order valence-electron chi connectivity index (χ0n) is 48.0. The lowest BCUT2D eigenvalue weighted by atomic mass is 9.61. The number of nitrogens with one attached hydrogen (secondary N) is 1. The van der Waals surface area contributed by atoms with Gasteiger partial charge < -0.3 is 9.88 Å². The summed E-state index contributed by atoms with van der Waals surface area (Å²) in [6.45, 7) is 38.9. The first-order valence-corrected chi connectivity index (χ1v) is 30.0. The second-order valence-electron chi connectivity index (χ2n) is 29.0. The van der Waals surface area contributed by atoms with Gasteiger partial charge in [-0.1, -0.05) is 153 Å². The third-order valence-electron chi connectivity index (χ3n) is 19.6. The Balaban J connectivity index is 1.17. The van der Waals surface area contributed by atoms with Crippen LogP contribution in [0, 0.1) is 0 Å². The van der Waals surface area contributed by atoms with Crippen molar-refractivity contribution in [1.29, 1.82) is 0 Å². The molecule has 0 amide bonds. The van der Waals surface area contributed by atoms with Crippen molar-refractivity contribution >= 4 is 104 Å². The molecule has 76 heavy (non-hydrogen) atoms. The van der Waals surface area contributed by atoms with Crippen LogP contribution in [0.4, 0.5) is 11.4 Å². The maximum Gasteiger partial charge on any atom is 0.211 e. The van der Waals surface area contributed by atoms with Crippen LogP contribution in [0.1, 0.15) is 181 Å². The van der Waals surface area contributed by atoms with E-state index in [9.17, 15) is 0 Å². The van der Waals surface area contributed by atoms with Gasteiger partial charge in [-0.25, -0.2) is 0 Å². The predicted molar refractivity (Wildman–Crippen MR) is 335 cm³/mol. The quantitative estimate of drug-likeness (QED) is 0.175. The highest BCUT2D eigenvalue weighted by Gasteiger charge is 2.45. The number of hydrogen-bond acceptors (Lipinski definition) is 3. The van der Waals surface area contributed by atoms with Crippen LogP contribution in [0.5, 0.6) is 0 Å². The van der Waals surface area contributed by atoms with Gasteiger partial charge in [-0.3, -0.25) is 0 Å². The minimum absolute atomic E-state index is 0.0119. The monoisotopic (exact) mass is 1030 g/mol. The van der Waals surface area contributed by atoms with E-state index in [4.69, 9.17) is 0 Å². The molecule has 1 N–H and O–H groups in total. The minimum Gasteiger partial charge on any atom is -0.355 e. The molecular formula is C71H74BN2S2. The van der Waals surface area contributed by atoms with Crippen LogP contribution in [0.2, 0.25) is 0 Å². The van der Waals surface area contributed by atoms with E-state index < -0.39 is 0 Å². The molecule has 7 aromatic carbocycles. The molecule has 0 saturated heterocycles. The molecule has 14 rings (SSSR count). The highest BCUT2D eigenvalue weighted by molar-refractivity contribution is 7.29. The summed E-state index contributed by atoms with van der Waals surface area (Å²) in [4.78, 5) is 0. The van der Waals surface area contributed by atoms with Crippen LogP contribution < -0.4 is 15.6 Å². The summed E-state index contributed by atoms with van der Waals surface area (Å²) in [5.74, 6) is 0. The van der Waals surface area contributed by atoms with Gasteiger partial charge >= 0.3 is 0 Å². The van der Waals surface area contributed by atoms with Gasteiger partial charge in [0.1, 0.15) is 0 Å². The van der Waals surface area contributed by atoms with Gasteiger partial charge in [-0.2, -0.15) is 0 Å². The van der Waals surface area contributed by atoms with Crippen molar-refractivity contribution in [2.24, 2.45) is 0 Å². The van der Waals surface area contributed by atoms with Gasteiger partial charge in [-0.15, -0.1) is 22.7 Å². The molecule has 1 aliphatic heterocycles. The molecule has 0 bridgehead atoms. The molecule has 0 unspecified atom stereocenters. The van der Waals surface area contributed by atoms with Crippen molar-refractivity contribution in [2.75, 3.05) is 5.32 Å². The molecule has 1 radical (unpaired) electrons. The van der Waals surface area contributed by atoms with Crippen molar-refractivity contribution in [3.05, 3.63) is 148 Å². The molecular weight excluding hydrogens is 956 g/mol. The molecule has 0 fully saturated rings. The van der Waals surface area contributed by atoms with Crippen molar-refractivity contribution in [3.8, 4) is 27.9 Å². The Morgan fingerprint density at radius 3 is 1.71 bits per heavy atom. The fraction of sp³-hybridized carbons (Fsp3) is 0.380. The molecule has 5 heteroatoms. The molecule has 3 aliphatic carbocycles. The van der Waals surface area contributed by atoms with E-state index in [1.165, 1.54) is 160 Å². The van der Waals surface area contributed by atoms with Crippen LogP contribution in [0.15, 0.2) is 103 Å². The number of fused-ring (bicyclic) bond motifs is 16. The lowest BCUT2D eigenvalue weighted by Gasteiger charge is -2.42. The predicted octanol–water partition coefficient (Wildman–Crippen LogP) is 19.3. The molecule has 10 aromatic rings. The second-order valence-corrected chi connectivity index (χ2v) is 31.1. The van der Waals surface area contributed by atoms with E-state index in [-0.39, 0.29) is 37.9 Å². The molecule has 0 spiro atoms. The zero-order valence-corrected chi connectivity index (χ0v) is 49.6. The Labute approximate surface area is 460 Å². The highest BCUT2D eigenvalue weighted by Crippen LogP contribution is 2.59. The number of hydrogen-bond donors (Lipinski definition) is 1. The number of nitrogens with zero attached hydrogens (tertiary/aromatic N) is 1. The van der Waals surface area contributed by atoms with Gasteiger partial charge in [0.25, 0.3) is 0 Å². The van der Waals surface area contributed by atoms with Crippen molar-refractivity contribution in [2.45, 2.75) is 174 Å². The standard InChI is InChI=1S/C71H74BN2S2/c1-65(2,3)38-21-24-40(25-22-38)73-52-37-56-42(43-33-48-51(36-55(43)75-56)70(13,14)30-28-67(48,7)8)32-44(52)58-57-41-19-17-18-20-47(41)71(15,16)60(57)59-45-34-49-50(69(11,12)29-27-68(49,9)10)35-53(45)74-62-46-31-39(66(4,5)6)23-26-54(46)76-64(62)72-61(58)63(59)74/h17-26,31-37,73H,27-30H2,1-16H3. The second kappa shape index (κ2) is 15.4. The third-order valence-corrected chi connectivity index (χ3v) is 21.9. The van der Waals surface area contributed by atoms with Crippen LogP contribution in [-0.2, 0) is 37.9 Å². The van der Waals surface area contributed by atoms with Gasteiger partial charge in [0.05, 0.1) is 11.2 Å². The van der Waals surface area contributed by atoms with Gasteiger partial charge in [0.2, 0.25) is 7.28 Å². The first kappa shape index (κ1) is 48.7. The minimum atomic E-state index is -0.285. The van der Waals surface area contributed by atoms with E-state index in [0.717, 1.165) is 11.4 Å². The van der Waals surface area contributed by atoms with E-state index in [1.807, 2.05) is 22.7 Å². The Morgan fingerprint density at radius 1 is 0.500 bits per heavy atom. The summed E-state index contributed by atoms with van der Waals surface area (Å²) in [6.07, 6.45) is 4.75. The number of aromatic nitrogens is 1. The van der Waals surface area contributed by atoms with Crippen LogP contribution >= 0.6 is 22.7 Å². The van der Waals surface area contributed by atoms with Gasteiger partial charge in [0.15, 0.2) is 0 Å². The van der Waals surface area contributed by atoms with Crippen molar-refractivity contribution in [1.82, 2.24) is 4.57 Å². The van der Waals surface area contributed by atoms with Gasteiger partial charge in [0, 0.05) is 68.9 Å². The van der Waals surface area contributed by atoms with Crippen LogP contribution in [-0.4, -0.2) is 11.8 Å². The number of anilines is 2. The zero-order chi connectivity index (χ0) is 53.3. The Morgan fingerprint density at radius 2 is 1.07 bits per heavy atom. The average Bonchev–Trinajstić information content (AvgIpc) is 4.28. The fourth-order valence-corrected chi connectivity index (χ4v) is 17.0. The molecule has 0 atom stereocenters. The highest BCUT2D eigenvalue weighted by atomic mass is 32.1. The Kier molecular flexibility index (Phi) is 9.84. The van der Waals surface area contributed by atoms with Gasteiger partial charge in [-0.05, 0) is 190 Å². The average molecular weight is 1030 g/mol. The smallest absolute Gasteiger partial charge is 0.211 e. The molecule has 4 aliphatic rings. The first-order chi connectivity index (χ1) is 35.6. The van der Waals surface area contributed by atoms with Crippen molar-refractivity contribution < 1.29 is 0 Å². The third kappa shape index (κ3) is 6.76. The summed E-state index contributed by atoms with van der Waals surface area (Å²) < 4.78 is 8.18. The summed E-state index contributed by atoms with van der Waals surface area (Å²) >= 11 is 3.94. The Bertz CT molecular complexity index is 4200. The summed E-state index contributed by atoms with van der Waals surface area (Å²) in [7, 11) is 2.63. The van der Waals surface area contributed by atoms with Crippen LogP contribution in [0.3, 0.4) is 0 Å². The first-order valence-electron chi connectivity index (χ1n) is 28.3. The maximum absolute atomic E-state index is 4.17. The molecule has 0 saturated carbocycles. The Hall–Kier alpha value is -5.62. The van der Waals surface area contributed by atoms with E-state index in [0.29, 0.717) is 0 Å². The summed E-state index contributed by atoms with van der Waals surface area (Å²) in [5.41, 5.74) is 24.7. The van der Waals surface area contributed by atoms with E-state index in [1.54, 1.807) is 0 Å². The number of benzene rings is 7. The normalized spacial score (nSPS) is 18.4. The summed E-state index contributed by atoms with van der Waals surface area (Å²) in [6, 6.07) is 41.7. The maximum atomic E-state index is 4.17.